The van der Waals surface area contributed by atoms with Crippen LogP contribution in [0.15, 0.2) is 0 Å². The molecule has 0 radical (unpaired) electrons. The second-order valence-electron chi connectivity index (χ2n) is 3.29. The normalized spacial score (nSPS) is 33.8. The van der Waals surface area contributed by atoms with Crippen LogP contribution in [0.5, 0.6) is 0 Å². The molecule has 0 saturated carbocycles. The minimum atomic E-state index is 0.173. The standard InChI is InChI=1S/C8H18BNO3/c1-11-4-3-10-7-6(12-2)5-13-8(7)9/h6-8,10H,3-5,9H2,1-2H3/t6?,7?,8-/m1/s1. The molecule has 0 amide bonds. The number of ether oxygens (including phenoxy) is 3. The van der Waals surface area contributed by atoms with E-state index in [4.69, 9.17) is 14.2 Å². The maximum Gasteiger partial charge on any atom is 0.141 e. The predicted molar refractivity (Wildman–Crippen MR) is 52.7 cm³/mol. The molecular weight excluding hydrogens is 169 g/mol. The third kappa shape index (κ3) is 2.95. The van der Waals surface area contributed by atoms with Crippen molar-refractivity contribution in [3.8, 4) is 0 Å². The van der Waals surface area contributed by atoms with Gasteiger partial charge in [0.15, 0.2) is 0 Å². The van der Waals surface area contributed by atoms with Gasteiger partial charge in [0.25, 0.3) is 0 Å². The molecule has 2 unspecified atom stereocenters. The number of hydrogen-bond donors (Lipinski definition) is 1. The summed E-state index contributed by atoms with van der Waals surface area (Å²) in [6, 6.07) is 0.516. The average molecular weight is 187 g/mol. The molecule has 4 nitrogen and oxygen atoms in total. The van der Waals surface area contributed by atoms with Crippen molar-refractivity contribution in [1.82, 2.24) is 5.32 Å². The Morgan fingerprint density at radius 1 is 1.54 bits per heavy atom. The Bertz CT molecular complexity index is 147. The molecule has 1 heterocycles. The van der Waals surface area contributed by atoms with E-state index in [9.17, 15) is 0 Å². The van der Waals surface area contributed by atoms with E-state index in [1.165, 1.54) is 0 Å². The van der Waals surface area contributed by atoms with E-state index in [1.807, 2.05) is 0 Å². The lowest BCUT2D eigenvalue weighted by molar-refractivity contribution is 0.0711. The summed E-state index contributed by atoms with van der Waals surface area (Å²) in [5, 5.41) is 3.36. The van der Waals surface area contributed by atoms with Crippen LogP contribution in [0, 0.1) is 0 Å². The molecule has 76 valence electrons. The van der Waals surface area contributed by atoms with E-state index >= 15 is 0 Å². The van der Waals surface area contributed by atoms with Crippen LogP contribution in [0.3, 0.4) is 0 Å². The molecule has 5 heteroatoms. The summed E-state index contributed by atoms with van der Waals surface area (Å²) >= 11 is 0. The smallest absolute Gasteiger partial charge is 0.141 e. The zero-order valence-electron chi connectivity index (χ0n) is 8.58. The Morgan fingerprint density at radius 2 is 2.31 bits per heavy atom. The Morgan fingerprint density at radius 3 is 2.92 bits per heavy atom. The van der Waals surface area contributed by atoms with Gasteiger partial charge in [-0.3, -0.25) is 0 Å². The van der Waals surface area contributed by atoms with Crippen LogP contribution in [0.4, 0.5) is 0 Å². The molecule has 1 aliphatic heterocycles. The lowest BCUT2D eigenvalue weighted by Crippen LogP contribution is -2.45. The second kappa shape index (κ2) is 5.60. The molecule has 0 aromatic heterocycles. The van der Waals surface area contributed by atoms with Crippen LogP contribution in [-0.4, -0.2) is 60.0 Å². The van der Waals surface area contributed by atoms with E-state index in [0.29, 0.717) is 12.6 Å². The van der Waals surface area contributed by atoms with Gasteiger partial charge in [0.1, 0.15) is 7.85 Å². The maximum atomic E-state index is 5.47. The molecule has 1 N–H and O–H groups in total. The summed E-state index contributed by atoms with van der Waals surface area (Å²) < 4.78 is 15.7. The third-order valence-corrected chi connectivity index (χ3v) is 2.42. The highest BCUT2D eigenvalue weighted by Gasteiger charge is 2.33. The molecule has 0 aromatic rings. The minimum absolute atomic E-state index is 0.173. The highest BCUT2D eigenvalue weighted by atomic mass is 16.5. The van der Waals surface area contributed by atoms with Crippen molar-refractivity contribution in [1.29, 1.82) is 0 Å². The molecule has 1 rings (SSSR count). The number of methoxy groups -OCH3 is 2. The molecule has 13 heavy (non-hydrogen) atoms. The monoisotopic (exact) mass is 187 g/mol. The van der Waals surface area contributed by atoms with Crippen molar-refractivity contribution in [2.45, 2.75) is 18.1 Å². The Balaban J connectivity index is 2.27. The Hall–Kier alpha value is -0.0951. The van der Waals surface area contributed by atoms with Gasteiger partial charge >= 0.3 is 0 Å². The summed E-state index contributed by atoms with van der Waals surface area (Å²) in [6.45, 7) is 2.25. The van der Waals surface area contributed by atoms with Crippen molar-refractivity contribution >= 4 is 7.85 Å². The first kappa shape index (κ1) is 11.0. The summed E-state index contributed by atoms with van der Waals surface area (Å²) in [7, 11) is 5.48. The van der Waals surface area contributed by atoms with E-state index < -0.39 is 0 Å². The molecule has 0 bridgehead atoms. The van der Waals surface area contributed by atoms with Crippen molar-refractivity contribution in [3.05, 3.63) is 0 Å². The fourth-order valence-electron chi connectivity index (χ4n) is 1.60. The summed E-state index contributed by atoms with van der Waals surface area (Å²) in [5.74, 6) is 0. The molecule has 0 aliphatic carbocycles. The van der Waals surface area contributed by atoms with Crippen molar-refractivity contribution in [3.63, 3.8) is 0 Å². The summed E-state index contributed by atoms with van der Waals surface area (Å²) in [5.41, 5.74) is 0. The lowest BCUT2D eigenvalue weighted by atomic mass is 9.91. The average Bonchev–Trinajstić information content (AvgIpc) is 2.48. The number of hydrogen-bond acceptors (Lipinski definition) is 4. The molecule has 1 saturated heterocycles. The lowest BCUT2D eigenvalue weighted by Gasteiger charge is -2.20. The minimum Gasteiger partial charge on any atom is -0.383 e. The van der Waals surface area contributed by atoms with Gasteiger partial charge in [-0.05, 0) is 0 Å². The fourth-order valence-corrected chi connectivity index (χ4v) is 1.60. The maximum absolute atomic E-state index is 5.47. The number of nitrogens with one attached hydrogen (secondary N) is 1. The van der Waals surface area contributed by atoms with Gasteiger partial charge in [0.05, 0.1) is 25.4 Å². The topological polar surface area (TPSA) is 39.7 Å². The van der Waals surface area contributed by atoms with E-state index in [0.717, 1.165) is 13.2 Å². The van der Waals surface area contributed by atoms with Gasteiger partial charge in [0.2, 0.25) is 0 Å². The molecule has 0 aromatic carbocycles. The SMILES string of the molecule is B[C@@H]1OCC(OC)C1NCCOC. The highest BCUT2D eigenvalue weighted by molar-refractivity contribution is 6.11. The first-order valence-electron chi connectivity index (χ1n) is 4.66. The quantitative estimate of drug-likeness (QED) is 0.424. The fraction of sp³-hybridized carbons (Fsp3) is 1.00. The van der Waals surface area contributed by atoms with Crippen LogP contribution >= 0.6 is 0 Å². The van der Waals surface area contributed by atoms with E-state index in [1.54, 1.807) is 14.2 Å². The van der Waals surface area contributed by atoms with Gasteiger partial charge < -0.3 is 19.5 Å². The van der Waals surface area contributed by atoms with Gasteiger partial charge in [-0.2, -0.15) is 0 Å². The molecule has 1 aliphatic rings. The Labute approximate surface area is 80.3 Å². The summed E-state index contributed by atoms with van der Waals surface area (Å²) in [6.07, 6.45) is 0.173. The van der Waals surface area contributed by atoms with Crippen LogP contribution < -0.4 is 5.32 Å². The first-order chi connectivity index (χ1) is 6.29. The summed E-state index contributed by atoms with van der Waals surface area (Å²) in [4.78, 5) is 0. The van der Waals surface area contributed by atoms with Crippen LogP contribution in [-0.2, 0) is 14.2 Å². The molecule has 1 fully saturated rings. The molecule has 0 spiro atoms. The largest absolute Gasteiger partial charge is 0.383 e. The zero-order valence-corrected chi connectivity index (χ0v) is 8.58. The zero-order chi connectivity index (χ0) is 9.68. The van der Waals surface area contributed by atoms with Crippen LogP contribution in [0.1, 0.15) is 0 Å². The van der Waals surface area contributed by atoms with Gasteiger partial charge in [-0.1, -0.05) is 0 Å². The predicted octanol–water partition coefficient (Wildman–Crippen LogP) is -1.40. The van der Waals surface area contributed by atoms with Crippen LogP contribution in [0.25, 0.3) is 0 Å². The van der Waals surface area contributed by atoms with E-state index in [-0.39, 0.29) is 12.1 Å². The van der Waals surface area contributed by atoms with Crippen molar-refractivity contribution in [2.24, 2.45) is 0 Å². The molecule has 3 atom stereocenters. The number of rotatable bonds is 5. The highest BCUT2D eigenvalue weighted by Crippen LogP contribution is 2.13. The second-order valence-corrected chi connectivity index (χ2v) is 3.29. The van der Waals surface area contributed by atoms with E-state index in [2.05, 4.69) is 13.2 Å². The van der Waals surface area contributed by atoms with Crippen molar-refractivity contribution in [2.75, 3.05) is 34.0 Å². The van der Waals surface area contributed by atoms with Gasteiger partial charge in [-0.15, -0.1) is 0 Å². The first-order valence-corrected chi connectivity index (χ1v) is 4.66. The van der Waals surface area contributed by atoms with Crippen LogP contribution in [0.2, 0.25) is 0 Å². The Kier molecular flexibility index (Phi) is 4.73. The third-order valence-electron chi connectivity index (χ3n) is 2.42. The van der Waals surface area contributed by atoms with Crippen molar-refractivity contribution < 1.29 is 14.2 Å². The van der Waals surface area contributed by atoms with Gasteiger partial charge in [-0.25, -0.2) is 0 Å². The van der Waals surface area contributed by atoms with Gasteiger partial charge in [0, 0.05) is 26.8 Å². The molecular formula is C8H18BNO3.